The van der Waals surface area contributed by atoms with Gasteiger partial charge in [0.1, 0.15) is 0 Å². The van der Waals surface area contributed by atoms with Crippen LogP contribution in [0.2, 0.25) is 0 Å². The van der Waals surface area contributed by atoms with E-state index in [4.69, 9.17) is 0 Å². The summed E-state index contributed by atoms with van der Waals surface area (Å²) in [6, 6.07) is 0.901. The number of hydrogen-bond donors (Lipinski definition) is 1. The summed E-state index contributed by atoms with van der Waals surface area (Å²) in [6.45, 7) is 3.66. The summed E-state index contributed by atoms with van der Waals surface area (Å²) in [5, 5.41) is 3.63. The summed E-state index contributed by atoms with van der Waals surface area (Å²) in [5.74, 6) is 2.12. The fourth-order valence-corrected chi connectivity index (χ4v) is 3.16. The normalized spacial score (nSPS) is 31.8. The Balaban J connectivity index is 1.58. The molecule has 1 N–H and O–H groups in total. The lowest BCUT2D eigenvalue weighted by Gasteiger charge is -2.30. The minimum atomic E-state index is 0.901. The third-order valence-corrected chi connectivity index (χ3v) is 4.35. The lowest BCUT2D eigenvalue weighted by Crippen LogP contribution is -2.22. The second-order valence-corrected chi connectivity index (χ2v) is 5.58. The lowest BCUT2D eigenvalue weighted by molar-refractivity contribution is 0.214. The monoisotopic (exact) mass is 209 g/mol. The molecular weight excluding hydrogens is 182 g/mol. The molecule has 0 aromatic heterocycles. The second kappa shape index (κ2) is 5.89. The third kappa shape index (κ3) is 3.79. The first kappa shape index (κ1) is 11.4. The molecule has 2 unspecified atom stereocenters. The van der Waals surface area contributed by atoms with Crippen LogP contribution in [0.4, 0.5) is 0 Å². The van der Waals surface area contributed by atoms with Crippen molar-refractivity contribution in [1.29, 1.82) is 0 Å². The van der Waals surface area contributed by atoms with Crippen molar-refractivity contribution in [3.8, 4) is 0 Å². The number of rotatable bonds is 6. The van der Waals surface area contributed by atoms with E-state index in [1.54, 1.807) is 0 Å². The zero-order chi connectivity index (χ0) is 10.5. The lowest BCUT2D eigenvalue weighted by atomic mass is 9.76. The first-order valence-corrected chi connectivity index (χ1v) is 7.13. The van der Waals surface area contributed by atoms with Crippen LogP contribution >= 0.6 is 0 Å². The van der Waals surface area contributed by atoms with Crippen molar-refractivity contribution in [3.63, 3.8) is 0 Å². The van der Waals surface area contributed by atoms with Gasteiger partial charge in [0.2, 0.25) is 0 Å². The molecular formula is C14H27N. The average Bonchev–Trinajstić information content (AvgIpc) is 3.09. The Morgan fingerprint density at radius 2 is 1.73 bits per heavy atom. The quantitative estimate of drug-likeness (QED) is 0.657. The van der Waals surface area contributed by atoms with E-state index in [0.717, 1.165) is 17.9 Å². The summed E-state index contributed by atoms with van der Waals surface area (Å²) in [5.41, 5.74) is 0. The van der Waals surface area contributed by atoms with Gasteiger partial charge < -0.3 is 5.32 Å². The molecule has 2 fully saturated rings. The smallest absolute Gasteiger partial charge is 0.00682 e. The summed E-state index contributed by atoms with van der Waals surface area (Å²) in [4.78, 5) is 0. The van der Waals surface area contributed by atoms with Gasteiger partial charge in [0.05, 0.1) is 0 Å². The Morgan fingerprint density at radius 1 is 1.00 bits per heavy atom. The van der Waals surface area contributed by atoms with Crippen molar-refractivity contribution in [2.75, 3.05) is 6.54 Å². The van der Waals surface area contributed by atoms with Gasteiger partial charge in [-0.25, -0.2) is 0 Å². The molecule has 0 aliphatic heterocycles. The van der Waals surface area contributed by atoms with Gasteiger partial charge in [-0.05, 0) is 44.1 Å². The molecule has 2 saturated carbocycles. The van der Waals surface area contributed by atoms with Gasteiger partial charge in [0, 0.05) is 6.04 Å². The molecule has 2 atom stereocenters. The predicted octanol–water partition coefficient (Wildman–Crippen LogP) is 3.74. The second-order valence-electron chi connectivity index (χ2n) is 5.58. The first-order valence-electron chi connectivity index (χ1n) is 7.13. The summed E-state index contributed by atoms with van der Waals surface area (Å²) in [6.07, 6.45) is 13.2. The number of hydrogen-bond acceptors (Lipinski definition) is 1. The highest BCUT2D eigenvalue weighted by Crippen LogP contribution is 2.34. The molecule has 15 heavy (non-hydrogen) atoms. The predicted molar refractivity (Wildman–Crippen MR) is 66.0 cm³/mol. The van der Waals surface area contributed by atoms with Crippen molar-refractivity contribution >= 4 is 0 Å². The van der Waals surface area contributed by atoms with Gasteiger partial charge in [-0.3, -0.25) is 0 Å². The highest BCUT2D eigenvalue weighted by atomic mass is 14.9. The molecule has 1 heteroatoms. The van der Waals surface area contributed by atoms with Crippen LogP contribution in [0.15, 0.2) is 0 Å². The van der Waals surface area contributed by atoms with E-state index >= 15 is 0 Å². The SMILES string of the molecule is CCC1CCCCC1CCCNC1CC1. The molecule has 0 spiro atoms. The van der Waals surface area contributed by atoms with E-state index in [9.17, 15) is 0 Å². The molecule has 0 amide bonds. The van der Waals surface area contributed by atoms with Gasteiger partial charge in [0.15, 0.2) is 0 Å². The molecule has 2 rings (SSSR count). The minimum Gasteiger partial charge on any atom is -0.314 e. The van der Waals surface area contributed by atoms with Crippen molar-refractivity contribution in [2.45, 2.75) is 70.8 Å². The first-order chi connectivity index (χ1) is 7.40. The van der Waals surface area contributed by atoms with Crippen LogP contribution < -0.4 is 5.32 Å². The molecule has 0 aromatic rings. The molecule has 2 aliphatic rings. The van der Waals surface area contributed by atoms with E-state index in [2.05, 4.69) is 12.2 Å². The van der Waals surface area contributed by atoms with Crippen LogP contribution in [0.1, 0.15) is 64.7 Å². The Labute approximate surface area is 95.0 Å². The molecule has 0 aromatic carbocycles. The molecule has 88 valence electrons. The Bertz CT molecular complexity index is 174. The van der Waals surface area contributed by atoms with Gasteiger partial charge in [-0.1, -0.05) is 39.0 Å². The van der Waals surface area contributed by atoms with Crippen molar-refractivity contribution < 1.29 is 0 Å². The maximum Gasteiger partial charge on any atom is 0.00682 e. The van der Waals surface area contributed by atoms with Crippen molar-refractivity contribution in [2.24, 2.45) is 11.8 Å². The molecule has 0 saturated heterocycles. The highest BCUT2D eigenvalue weighted by molar-refractivity contribution is 4.81. The van der Waals surface area contributed by atoms with Crippen LogP contribution in [-0.4, -0.2) is 12.6 Å². The summed E-state index contributed by atoms with van der Waals surface area (Å²) in [7, 11) is 0. The van der Waals surface area contributed by atoms with Gasteiger partial charge >= 0.3 is 0 Å². The Morgan fingerprint density at radius 3 is 2.40 bits per heavy atom. The van der Waals surface area contributed by atoms with Gasteiger partial charge in [-0.15, -0.1) is 0 Å². The van der Waals surface area contributed by atoms with E-state index in [-0.39, 0.29) is 0 Å². The van der Waals surface area contributed by atoms with E-state index in [0.29, 0.717) is 0 Å². The molecule has 2 aliphatic carbocycles. The van der Waals surface area contributed by atoms with E-state index < -0.39 is 0 Å². The maximum absolute atomic E-state index is 3.63. The summed E-state index contributed by atoms with van der Waals surface area (Å²) >= 11 is 0. The van der Waals surface area contributed by atoms with Gasteiger partial charge in [-0.2, -0.15) is 0 Å². The number of nitrogens with one attached hydrogen (secondary N) is 1. The zero-order valence-corrected chi connectivity index (χ0v) is 10.3. The van der Waals surface area contributed by atoms with Crippen LogP contribution in [0.25, 0.3) is 0 Å². The van der Waals surface area contributed by atoms with Crippen LogP contribution in [0.3, 0.4) is 0 Å². The maximum atomic E-state index is 3.63. The van der Waals surface area contributed by atoms with Crippen LogP contribution in [0, 0.1) is 11.8 Å². The van der Waals surface area contributed by atoms with E-state index in [1.165, 1.54) is 64.3 Å². The summed E-state index contributed by atoms with van der Waals surface area (Å²) < 4.78 is 0. The average molecular weight is 209 g/mol. The topological polar surface area (TPSA) is 12.0 Å². The largest absolute Gasteiger partial charge is 0.314 e. The van der Waals surface area contributed by atoms with Crippen LogP contribution in [-0.2, 0) is 0 Å². The Kier molecular flexibility index (Phi) is 4.49. The van der Waals surface area contributed by atoms with Gasteiger partial charge in [0.25, 0.3) is 0 Å². The zero-order valence-electron chi connectivity index (χ0n) is 10.3. The highest BCUT2D eigenvalue weighted by Gasteiger charge is 2.23. The van der Waals surface area contributed by atoms with Crippen molar-refractivity contribution in [1.82, 2.24) is 5.32 Å². The van der Waals surface area contributed by atoms with Crippen LogP contribution in [0.5, 0.6) is 0 Å². The minimum absolute atomic E-state index is 0.901. The Hall–Kier alpha value is -0.0400. The standard InChI is InChI=1S/C14H27N/c1-2-12-6-3-4-7-13(12)8-5-11-15-14-9-10-14/h12-15H,2-11H2,1H3. The third-order valence-electron chi connectivity index (χ3n) is 4.35. The van der Waals surface area contributed by atoms with Crippen molar-refractivity contribution in [3.05, 3.63) is 0 Å². The molecule has 0 radical (unpaired) electrons. The fourth-order valence-electron chi connectivity index (χ4n) is 3.16. The molecule has 0 bridgehead atoms. The molecule has 1 nitrogen and oxygen atoms in total. The molecule has 0 heterocycles. The fraction of sp³-hybridized carbons (Fsp3) is 1.00. The van der Waals surface area contributed by atoms with E-state index in [1.807, 2.05) is 0 Å².